The SMILES string of the molecule is NS(=O)(=O)CCCNCc1cccc([N+](=O)[O-])c1. The summed E-state index contributed by atoms with van der Waals surface area (Å²) in [4.78, 5) is 10.1. The Kier molecular flexibility index (Phi) is 5.20. The van der Waals surface area contributed by atoms with Crippen LogP contribution >= 0.6 is 0 Å². The lowest BCUT2D eigenvalue weighted by Crippen LogP contribution is -2.22. The van der Waals surface area contributed by atoms with Crippen molar-refractivity contribution in [3.8, 4) is 0 Å². The summed E-state index contributed by atoms with van der Waals surface area (Å²) in [5, 5.41) is 18.4. The fourth-order valence-corrected chi connectivity index (χ4v) is 1.96. The Morgan fingerprint density at radius 3 is 2.72 bits per heavy atom. The van der Waals surface area contributed by atoms with Crippen LogP contribution in [0, 0.1) is 10.1 Å². The lowest BCUT2D eigenvalue weighted by Gasteiger charge is -2.04. The van der Waals surface area contributed by atoms with Crippen LogP contribution in [0.15, 0.2) is 24.3 Å². The number of benzene rings is 1. The number of nitrogens with zero attached hydrogens (tertiary/aromatic N) is 1. The molecule has 1 aromatic rings. The van der Waals surface area contributed by atoms with E-state index in [1.807, 2.05) is 0 Å². The molecule has 0 spiro atoms. The minimum atomic E-state index is -3.42. The third kappa shape index (κ3) is 5.71. The van der Waals surface area contributed by atoms with E-state index in [2.05, 4.69) is 5.32 Å². The smallest absolute Gasteiger partial charge is 0.269 e. The van der Waals surface area contributed by atoms with Gasteiger partial charge in [0.1, 0.15) is 0 Å². The number of primary sulfonamides is 1. The molecule has 0 bridgehead atoms. The first-order valence-corrected chi connectivity index (χ1v) is 7.04. The number of nitrogens with one attached hydrogen (secondary N) is 1. The third-order valence-electron chi connectivity index (χ3n) is 2.23. The van der Waals surface area contributed by atoms with Gasteiger partial charge in [0, 0.05) is 18.7 Å². The second kappa shape index (κ2) is 6.43. The highest BCUT2D eigenvalue weighted by Gasteiger charge is 2.05. The Morgan fingerprint density at radius 2 is 2.11 bits per heavy atom. The molecule has 0 saturated carbocycles. The molecule has 100 valence electrons. The maximum absolute atomic E-state index is 10.7. The van der Waals surface area contributed by atoms with E-state index in [-0.39, 0.29) is 11.4 Å². The lowest BCUT2D eigenvalue weighted by molar-refractivity contribution is -0.384. The first kappa shape index (κ1) is 14.6. The van der Waals surface area contributed by atoms with Gasteiger partial charge in [-0.3, -0.25) is 10.1 Å². The molecule has 3 N–H and O–H groups in total. The average Bonchev–Trinajstić information content (AvgIpc) is 2.27. The van der Waals surface area contributed by atoms with E-state index < -0.39 is 14.9 Å². The number of nitro groups is 1. The van der Waals surface area contributed by atoms with Crippen LogP contribution in [-0.2, 0) is 16.6 Å². The molecule has 0 fully saturated rings. The summed E-state index contributed by atoms with van der Waals surface area (Å²) in [5.74, 6) is -0.0745. The lowest BCUT2D eigenvalue weighted by atomic mass is 10.2. The minimum Gasteiger partial charge on any atom is -0.313 e. The minimum absolute atomic E-state index is 0.0406. The van der Waals surface area contributed by atoms with Crippen LogP contribution < -0.4 is 10.5 Å². The Morgan fingerprint density at radius 1 is 1.39 bits per heavy atom. The van der Waals surface area contributed by atoms with E-state index in [1.54, 1.807) is 12.1 Å². The van der Waals surface area contributed by atoms with E-state index in [9.17, 15) is 18.5 Å². The van der Waals surface area contributed by atoms with Gasteiger partial charge in [-0.2, -0.15) is 0 Å². The van der Waals surface area contributed by atoms with E-state index in [4.69, 9.17) is 5.14 Å². The molecule has 7 nitrogen and oxygen atoms in total. The topological polar surface area (TPSA) is 115 Å². The molecule has 8 heteroatoms. The summed E-state index contributed by atoms with van der Waals surface area (Å²) < 4.78 is 21.3. The van der Waals surface area contributed by atoms with E-state index in [0.717, 1.165) is 5.56 Å². The van der Waals surface area contributed by atoms with Gasteiger partial charge in [0.15, 0.2) is 0 Å². The standard InChI is InChI=1S/C10H15N3O4S/c11-18(16,17)6-2-5-12-8-9-3-1-4-10(7-9)13(14)15/h1,3-4,7,12H,2,5-6,8H2,(H2,11,16,17). The fraction of sp³-hybridized carbons (Fsp3) is 0.400. The van der Waals surface area contributed by atoms with Crippen molar-refractivity contribution in [1.82, 2.24) is 5.32 Å². The molecule has 0 saturated heterocycles. The fourth-order valence-electron chi connectivity index (χ4n) is 1.41. The summed E-state index contributed by atoms with van der Waals surface area (Å²) in [7, 11) is -3.42. The van der Waals surface area contributed by atoms with Crippen molar-refractivity contribution in [2.45, 2.75) is 13.0 Å². The predicted octanol–water partition coefficient (Wildman–Crippen LogP) is 0.363. The van der Waals surface area contributed by atoms with Crippen LogP contribution in [0.3, 0.4) is 0 Å². The normalized spacial score (nSPS) is 11.4. The van der Waals surface area contributed by atoms with Crippen LogP contribution in [0.5, 0.6) is 0 Å². The van der Waals surface area contributed by atoms with Crippen molar-refractivity contribution >= 4 is 15.7 Å². The van der Waals surface area contributed by atoms with Crippen molar-refractivity contribution in [3.63, 3.8) is 0 Å². The van der Waals surface area contributed by atoms with E-state index in [1.165, 1.54) is 12.1 Å². The second-order valence-electron chi connectivity index (χ2n) is 3.82. The second-order valence-corrected chi connectivity index (χ2v) is 5.56. The summed E-state index contributed by atoms with van der Waals surface area (Å²) in [6, 6.07) is 6.27. The number of non-ortho nitro benzene ring substituents is 1. The van der Waals surface area contributed by atoms with E-state index in [0.29, 0.717) is 19.5 Å². The average molecular weight is 273 g/mol. The monoisotopic (exact) mass is 273 g/mol. The quantitative estimate of drug-likeness (QED) is 0.423. The number of nitro benzene ring substituents is 1. The van der Waals surface area contributed by atoms with E-state index >= 15 is 0 Å². The van der Waals surface area contributed by atoms with Crippen molar-refractivity contribution in [2.24, 2.45) is 5.14 Å². The van der Waals surface area contributed by atoms with Gasteiger partial charge in [0.25, 0.3) is 5.69 Å². The zero-order valence-corrected chi connectivity index (χ0v) is 10.5. The summed E-state index contributed by atoms with van der Waals surface area (Å²) in [6.07, 6.45) is 0.410. The third-order valence-corrected chi connectivity index (χ3v) is 3.09. The highest BCUT2D eigenvalue weighted by molar-refractivity contribution is 7.89. The van der Waals surface area contributed by atoms with Crippen LogP contribution in [0.4, 0.5) is 5.69 Å². The molecule has 18 heavy (non-hydrogen) atoms. The van der Waals surface area contributed by atoms with Crippen LogP contribution in [0.2, 0.25) is 0 Å². The molecular weight excluding hydrogens is 258 g/mol. The largest absolute Gasteiger partial charge is 0.313 e. The highest BCUT2D eigenvalue weighted by Crippen LogP contribution is 2.12. The first-order chi connectivity index (χ1) is 8.38. The zero-order chi connectivity index (χ0) is 13.6. The number of nitrogens with two attached hydrogens (primary N) is 1. The zero-order valence-electron chi connectivity index (χ0n) is 9.70. The van der Waals surface area contributed by atoms with Crippen LogP contribution in [-0.4, -0.2) is 25.6 Å². The van der Waals surface area contributed by atoms with Gasteiger partial charge in [0.2, 0.25) is 10.0 Å². The van der Waals surface area contributed by atoms with Gasteiger partial charge in [-0.15, -0.1) is 0 Å². The molecule has 1 aromatic carbocycles. The Labute approximate surface area is 105 Å². The molecule has 0 atom stereocenters. The van der Waals surface area contributed by atoms with Crippen molar-refractivity contribution < 1.29 is 13.3 Å². The predicted molar refractivity (Wildman–Crippen MR) is 67.4 cm³/mol. The van der Waals surface area contributed by atoms with Gasteiger partial charge >= 0.3 is 0 Å². The van der Waals surface area contributed by atoms with Crippen molar-refractivity contribution in [2.75, 3.05) is 12.3 Å². The van der Waals surface area contributed by atoms with Crippen molar-refractivity contribution in [3.05, 3.63) is 39.9 Å². The van der Waals surface area contributed by atoms with Gasteiger partial charge in [-0.25, -0.2) is 13.6 Å². The molecule has 1 rings (SSSR count). The Hall–Kier alpha value is -1.51. The molecule has 0 heterocycles. The highest BCUT2D eigenvalue weighted by atomic mass is 32.2. The van der Waals surface area contributed by atoms with Gasteiger partial charge in [0.05, 0.1) is 10.7 Å². The van der Waals surface area contributed by atoms with Crippen molar-refractivity contribution in [1.29, 1.82) is 0 Å². The molecular formula is C10H15N3O4S. The maximum Gasteiger partial charge on any atom is 0.269 e. The summed E-state index contributed by atoms with van der Waals surface area (Å²) in [5.41, 5.74) is 0.818. The number of rotatable bonds is 7. The molecule has 0 aliphatic carbocycles. The maximum atomic E-state index is 10.7. The van der Waals surface area contributed by atoms with Gasteiger partial charge < -0.3 is 5.32 Å². The summed E-state index contributed by atoms with van der Waals surface area (Å²) >= 11 is 0. The molecule has 0 unspecified atom stereocenters. The van der Waals surface area contributed by atoms with Gasteiger partial charge in [-0.05, 0) is 18.5 Å². The molecule has 0 aliphatic heterocycles. The van der Waals surface area contributed by atoms with Crippen LogP contribution in [0.1, 0.15) is 12.0 Å². The van der Waals surface area contributed by atoms with Crippen LogP contribution in [0.25, 0.3) is 0 Å². The molecule has 0 aromatic heterocycles. The summed E-state index contributed by atoms with van der Waals surface area (Å²) in [6.45, 7) is 0.936. The Balaban J connectivity index is 2.36. The molecule has 0 amide bonds. The number of hydrogen-bond donors (Lipinski definition) is 2. The first-order valence-electron chi connectivity index (χ1n) is 5.33. The van der Waals surface area contributed by atoms with Gasteiger partial charge in [-0.1, -0.05) is 12.1 Å². The Bertz CT molecular complexity index is 516. The molecule has 0 radical (unpaired) electrons. The molecule has 0 aliphatic rings. The number of sulfonamides is 1. The number of hydrogen-bond acceptors (Lipinski definition) is 5.